The third-order valence-corrected chi connectivity index (χ3v) is 4.67. The Kier molecular flexibility index (Phi) is 4.04. The zero-order valence-corrected chi connectivity index (χ0v) is 11.2. The summed E-state index contributed by atoms with van der Waals surface area (Å²) in [6.07, 6.45) is 4.75. The SMILES string of the molecule is O=S(=O)(CCCc1cn[nH]c1)c1ccc(Cl)cc1. The van der Waals surface area contributed by atoms with Gasteiger partial charge in [-0.1, -0.05) is 11.6 Å². The van der Waals surface area contributed by atoms with Gasteiger partial charge in [0.2, 0.25) is 0 Å². The molecule has 4 nitrogen and oxygen atoms in total. The molecule has 18 heavy (non-hydrogen) atoms. The number of nitrogens with zero attached hydrogens (tertiary/aromatic N) is 1. The second-order valence-corrected chi connectivity index (χ2v) is 6.53. The number of aromatic amines is 1. The van der Waals surface area contributed by atoms with E-state index in [2.05, 4.69) is 10.2 Å². The van der Waals surface area contributed by atoms with E-state index in [1.54, 1.807) is 24.5 Å². The summed E-state index contributed by atoms with van der Waals surface area (Å²) in [5.74, 6) is 0.125. The van der Waals surface area contributed by atoms with Crippen LogP contribution in [-0.4, -0.2) is 24.4 Å². The number of hydrogen-bond acceptors (Lipinski definition) is 3. The molecule has 0 spiro atoms. The number of nitrogens with one attached hydrogen (secondary N) is 1. The van der Waals surface area contributed by atoms with Crippen molar-refractivity contribution < 1.29 is 8.42 Å². The van der Waals surface area contributed by atoms with Gasteiger partial charge in [0.15, 0.2) is 9.84 Å². The van der Waals surface area contributed by atoms with Gasteiger partial charge in [0.05, 0.1) is 16.8 Å². The monoisotopic (exact) mass is 284 g/mol. The van der Waals surface area contributed by atoms with Crippen LogP contribution in [-0.2, 0) is 16.3 Å². The Bertz CT molecular complexity index is 592. The van der Waals surface area contributed by atoms with Gasteiger partial charge in [-0.05, 0) is 42.7 Å². The minimum absolute atomic E-state index is 0.125. The van der Waals surface area contributed by atoms with Gasteiger partial charge < -0.3 is 0 Å². The Morgan fingerprint density at radius 3 is 2.56 bits per heavy atom. The van der Waals surface area contributed by atoms with Gasteiger partial charge in [-0.3, -0.25) is 5.10 Å². The summed E-state index contributed by atoms with van der Waals surface area (Å²) >= 11 is 5.73. The average molecular weight is 285 g/mol. The van der Waals surface area contributed by atoms with Crippen molar-refractivity contribution in [1.29, 1.82) is 0 Å². The van der Waals surface area contributed by atoms with Crippen LogP contribution in [0.25, 0.3) is 0 Å². The van der Waals surface area contributed by atoms with Crippen molar-refractivity contribution >= 4 is 21.4 Å². The van der Waals surface area contributed by atoms with Crippen LogP contribution in [0.3, 0.4) is 0 Å². The molecule has 1 aromatic carbocycles. The predicted molar refractivity (Wildman–Crippen MR) is 70.4 cm³/mol. The summed E-state index contributed by atoms with van der Waals surface area (Å²) < 4.78 is 24.0. The minimum atomic E-state index is -3.22. The van der Waals surface area contributed by atoms with E-state index in [1.807, 2.05) is 0 Å². The Balaban J connectivity index is 1.97. The van der Waals surface area contributed by atoms with E-state index in [9.17, 15) is 8.42 Å². The van der Waals surface area contributed by atoms with E-state index in [0.29, 0.717) is 22.8 Å². The maximum absolute atomic E-state index is 12.0. The third-order valence-electron chi connectivity index (χ3n) is 2.61. The van der Waals surface area contributed by atoms with Crippen LogP contribution in [0.1, 0.15) is 12.0 Å². The fourth-order valence-electron chi connectivity index (χ4n) is 1.64. The molecule has 96 valence electrons. The van der Waals surface area contributed by atoms with E-state index in [1.165, 1.54) is 12.1 Å². The van der Waals surface area contributed by atoms with Gasteiger partial charge >= 0.3 is 0 Å². The molecule has 0 unspecified atom stereocenters. The summed E-state index contributed by atoms with van der Waals surface area (Å²) in [4.78, 5) is 0.319. The summed E-state index contributed by atoms with van der Waals surface area (Å²) in [6.45, 7) is 0. The molecular weight excluding hydrogens is 272 g/mol. The van der Waals surface area contributed by atoms with Crippen LogP contribution in [0, 0.1) is 0 Å². The number of hydrogen-bond donors (Lipinski definition) is 1. The summed E-state index contributed by atoms with van der Waals surface area (Å²) in [7, 11) is -3.22. The van der Waals surface area contributed by atoms with Crippen molar-refractivity contribution in [2.24, 2.45) is 0 Å². The fraction of sp³-hybridized carbons (Fsp3) is 0.250. The van der Waals surface area contributed by atoms with E-state index >= 15 is 0 Å². The van der Waals surface area contributed by atoms with Crippen LogP contribution in [0.2, 0.25) is 5.02 Å². The summed E-state index contributed by atoms with van der Waals surface area (Å²) in [5.41, 5.74) is 1.02. The first kappa shape index (κ1) is 13.1. The van der Waals surface area contributed by atoms with E-state index in [4.69, 9.17) is 11.6 Å². The minimum Gasteiger partial charge on any atom is -0.285 e. The van der Waals surface area contributed by atoms with Crippen molar-refractivity contribution in [3.05, 3.63) is 47.2 Å². The molecule has 0 saturated carbocycles. The van der Waals surface area contributed by atoms with Crippen molar-refractivity contribution in [2.45, 2.75) is 17.7 Å². The largest absolute Gasteiger partial charge is 0.285 e. The first-order chi connectivity index (χ1) is 8.58. The number of aromatic nitrogens is 2. The van der Waals surface area contributed by atoms with Crippen molar-refractivity contribution in [2.75, 3.05) is 5.75 Å². The molecule has 2 aromatic rings. The Morgan fingerprint density at radius 1 is 1.22 bits per heavy atom. The molecule has 1 heterocycles. The zero-order valence-electron chi connectivity index (χ0n) is 9.64. The van der Waals surface area contributed by atoms with Crippen LogP contribution in [0.4, 0.5) is 0 Å². The number of rotatable bonds is 5. The highest BCUT2D eigenvalue weighted by molar-refractivity contribution is 7.91. The van der Waals surface area contributed by atoms with Gasteiger partial charge in [0.25, 0.3) is 0 Å². The molecule has 0 saturated heterocycles. The summed E-state index contributed by atoms with van der Waals surface area (Å²) in [6, 6.07) is 6.25. The zero-order chi connectivity index (χ0) is 13.0. The number of benzene rings is 1. The van der Waals surface area contributed by atoms with Crippen molar-refractivity contribution in [3.63, 3.8) is 0 Å². The molecule has 1 N–H and O–H groups in total. The number of aryl methyl sites for hydroxylation is 1. The lowest BCUT2D eigenvalue weighted by molar-refractivity contribution is 0.593. The van der Waals surface area contributed by atoms with E-state index in [-0.39, 0.29) is 5.75 Å². The van der Waals surface area contributed by atoms with Crippen LogP contribution < -0.4 is 0 Å². The Labute approximate surface area is 111 Å². The molecule has 0 bridgehead atoms. The van der Waals surface area contributed by atoms with Gasteiger partial charge in [-0.15, -0.1) is 0 Å². The van der Waals surface area contributed by atoms with Crippen LogP contribution >= 0.6 is 11.6 Å². The molecule has 6 heteroatoms. The van der Waals surface area contributed by atoms with E-state index in [0.717, 1.165) is 5.56 Å². The quantitative estimate of drug-likeness (QED) is 0.917. The van der Waals surface area contributed by atoms with Crippen molar-refractivity contribution in [1.82, 2.24) is 10.2 Å². The Morgan fingerprint density at radius 2 is 1.94 bits per heavy atom. The fourth-order valence-corrected chi connectivity index (χ4v) is 3.08. The highest BCUT2D eigenvalue weighted by atomic mass is 35.5. The summed E-state index contributed by atoms with van der Waals surface area (Å²) in [5, 5.41) is 7.05. The standard InChI is InChI=1S/C12H13ClN2O2S/c13-11-3-5-12(6-4-11)18(16,17)7-1-2-10-8-14-15-9-10/h3-6,8-9H,1-2,7H2,(H,14,15). The molecule has 0 amide bonds. The van der Waals surface area contributed by atoms with Gasteiger partial charge in [0.1, 0.15) is 0 Å². The van der Waals surface area contributed by atoms with Crippen molar-refractivity contribution in [3.8, 4) is 0 Å². The van der Waals surface area contributed by atoms with Gasteiger partial charge in [-0.25, -0.2) is 8.42 Å². The second kappa shape index (κ2) is 5.54. The molecule has 2 rings (SSSR count). The third kappa shape index (κ3) is 3.34. The highest BCUT2D eigenvalue weighted by Gasteiger charge is 2.13. The molecule has 0 aliphatic rings. The Hall–Kier alpha value is -1.33. The van der Waals surface area contributed by atoms with Crippen LogP contribution in [0.15, 0.2) is 41.6 Å². The highest BCUT2D eigenvalue weighted by Crippen LogP contribution is 2.16. The molecule has 0 aliphatic carbocycles. The first-order valence-corrected chi connectivity index (χ1v) is 7.57. The molecular formula is C12H13ClN2O2S. The maximum Gasteiger partial charge on any atom is 0.178 e. The first-order valence-electron chi connectivity index (χ1n) is 5.54. The molecule has 0 radical (unpaired) electrons. The molecule has 0 aliphatic heterocycles. The second-order valence-electron chi connectivity index (χ2n) is 3.98. The number of sulfone groups is 1. The average Bonchev–Trinajstić information content (AvgIpc) is 2.82. The predicted octanol–water partition coefficient (Wildman–Crippen LogP) is 2.47. The lowest BCUT2D eigenvalue weighted by atomic mass is 10.2. The normalized spacial score (nSPS) is 11.6. The number of halogens is 1. The van der Waals surface area contributed by atoms with Gasteiger partial charge in [0, 0.05) is 11.2 Å². The molecule has 0 fully saturated rings. The van der Waals surface area contributed by atoms with E-state index < -0.39 is 9.84 Å². The lowest BCUT2D eigenvalue weighted by Crippen LogP contribution is -2.07. The maximum atomic E-state index is 12.0. The molecule has 0 atom stereocenters. The smallest absolute Gasteiger partial charge is 0.178 e. The lowest BCUT2D eigenvalue weighted by Gasteiger charge is -2.03. The molecule has 1 aromatic heterocycles. The van der Waals surface area contributed by atoms with Crippen LogP contribution in [0.5, 0.6) is 0 Å². The number of H-pyrrole nitrogens is 1. The topological polar surface area (TPSA) is 62.8 Å². The van der Waals surface area contributed by atoms with Gasteiger partial charge in [-0.2, -0.15) is 5.10 Å².